The summed E-state index contributed by atoms with van der Waals surface area (Å²) < 4.78 is 30.7. The van der Waals surface area contributed by atoms with E-state index in [0.29, 0.717) is 18.7 Å². The van der Waals surface area contributed by atoms with Crippen LogP contribution in [-0.2, 0) is 14.8 Å². The lowest BCUT2D eigenvalue weighted by molar-refractivity contribution is 0.217. The second-order valence-electron chi connectivity index (χ2n) is 4.33. The van der Waals surface area contributed by atoms with Crippen LogP contribution in [0.3, 0.4) is 0 Å². The van der Waals surface area contributed by atoms with Gasteiger partial charge in [0.2, 0.25) is 10.0 Å². The zero-order chi connectivity index (χ0) is 13.2. The fourth-order valence-electron chi connectivity index (χ4n) is 2.15. The minimum Gasteiger partial charge on any atom is -0.384 e. The van der Waals surface area contributed by atoms with Crippen LogP contribution >= 0.6 is 0 Å². The van der Waals surface area contributed by atoms with E-state index in [-0.39, 0.29) is 18.4 Å². The number of benzene rings is 1. The molecule has 1 aromatic carbocycles. The standard InChI is InChI=1S/C12H18N2O3S/c1-17-8-9-18(15,16)14-7-6-11(13)10-4-2-3-5-12(10)14/h2-5,11H,6-9,13H2,1H3. The lowest BCUT2D eigenvalue weighted by Gasteiger charge is -2.33. The molecule has 2 rings (SSSR count). The highest BCUT2D eigenvalue weighted by Gasteiger charge is 2.29. The number of sulfonamides is 1. The molecule has 0 aromatic heterocycles. The van der Waals surface area contributed by atoms with Crippen molar-refractivity contribution in [2.24, 2.45) is 5.73 Å². The van der Waals surface area contributed by atoms with Gasteiger partial charge in [0.25, 0.3) is 0 Å². The zero-order valence-corrected chi connectivity index (χ0v) is 11.2. The Hall–Kier alpha value is -1.11. The van der Waals surface area contributed by atoms with Gasteiger partial charge in [-0.2, -0.15) is 0 Å². The number of nitrogens with two attached hydrogens (primary N) is 1. The number of nitrogens with zero attached hydrogens (tertiary/aromatic N) is 1. The molecule has 0 radical (unpaired) electrons. The summed E-state index contributed by atoms with van der Waals surface area (Å²) in [5, 5.41) is 0. The van der Waals surface area contributed by atoms with E-state index in [1.54, 1.807) is 6.07 Å². The van der Waals surface area contributed by atoms with Crippen molar-refractivity contribution in [2.45, 2.75) is 12.5 Å². The largest absolute Gasteiger partial charge is 0.384 e. The summed E-state index contributed by atoms with van der Waals surface area (Å²) in [6, 6.07) is 7.31. The third-order valence-electron chi connectivity index (χ3n) is 3.13. The van der Waals surface area contributed by atoms with Gasteiger partial charge in [0.15, 0.2) is 0 Å². The molecule has 2 N–H and O–H groups in total. The van der Waals surface area contributed by atoms with Crippen molar-refractivity contribution in [3.05, 3.63) is 29.8 Å². The maximum Gasteiger partial charge on any atom is 0.237 e. The van der Waals surface area contributed by atoms with Crippen LogP contribution in [0, 0.1) is 0 Å². The molecule has 1 aliphatic heterocycles. The first-order chi connectivity index (χ1) is 8.56. The van der Waals surface area contributed by atoms with Crippen molar-refractivity contribution in [3.8, 4) is 0 Å². The van der Waals surface area contributed by atoms with Crippen LogP contribution in [0.15, 0.2) is 24.3 Å². The molecule has 100 valence electrons. The number of fused-ring (bicyclic) bond motifs is 1. The van der Waals surface area contributed by atoms with E-state index in [1.165, 1.54) is 11.4 Å². The number of hydrogen-bond acceptors (Lipinski definition) is 4. The Bertz CT molecular complexity index is 516. The maximum absolute atomic E-state index is 12.2. The molecule has 1 atom stereocenters. The summed E-state index contributed by atoms with van der Waals surface area (Å²) in [6.45, 7) is 0.636. The van der Waals surface area contributed by atoms with E-state index >= 15 is 0 Å². The van der Waals surface area contributed by atoms with Crippen LogP contribution in [-0.4, -0.2) is 34.4 Å². The van der Waals surface area contributed by atoms with Crippen molar-refractivity contribution in [1.29, 1.82) is 0 Å². The monoisotopic (exact) mass is 270 g/mol. The fourth-order valence-corrected chi connectivity index (χ4v) is 3.60. The zero-order valence-electron chi connectivity index (χ0n) is 10.4. The van der Waals surface area contributed by atoms with Gasteiger partial charge in [0.05, 0.1) is 18.0 Å². The molecular weight excluding hydrogens is 252 g/mol. The normalized spacial score (nSPS) is 19.7. The summed E-state index contributed by atoms with van der Waals surface area (Å²) in [7, 11) is -1.83. The van der Waals surface area contributed by atoms with Crippen molar-refractivity contribution in [2.75, 3.05) is 30.3 Å². The predicted octanol–water partition coefficient (Wildman–Crippen LogP) is 0.873. The molecular formula is C12H18N2O3S. The predicted molar refractivity (Wildman–Crippen MR) is 71.0 cm³/mol. The molecule has 6 heteroatoms. The SMILES string of the molecule is COCCS(=O)(=O)N1CCC(N)c2ccccc21. The van der Waals surface area contributed by atoms with Crippen LogP contribution < -0.4 is 10.0 Å². The van der Waals surface area contributed by atoms with E-state index in [4.69, 9.17) is 10.5 Å². The van der Waals surface area contributed by atoms with E-state index < -0.39 is 10.0 Å². The number of anilines is 1. The second-order valence-corrected chi connectivity index (χ2v) is 6.35. The summed E-state index contributed by atoms with van der Waals surface area (Å²) in [5.41, 5.74) is 7.60. The molecule has 0 saturated heterocycles. The maximum atomic E-state index is 12.2. The topological polar surface area (TPSA) is 72.6 Å². The van der Waals surface area contributed by atoms with Crippen molar-refractivity contribution in [3.63, 3.8) is 0 Å². The fraction of sp³-hybridized carbons (Fsp3) is 0.500. The summed E-state index contributed by atoms with van der Waals surface area (Å²) in [6.07, 6.45) is 0.642. The third kappa shape index (κ3) is 2.50. The van der Waals surface area contributed by atoms with Gasteiger partial charge in [0.1, 0.15) is 0 Å². The van der Waals surface area contributed by atoms with E-state index in [1.807, 2.05) is 18.2 Å². The Morgan fingerprint density at radius 2 is 2.17 bits per heavy atom. The Morgan fingerprint density at radius 1 is 1.44 bits per heavy atom. The molecule has 1 aliphatic rings. The van der Waals surface area contributed by atoms with Gasteiger partial charge in [-0.3, -0.25) is 4.31 Å². The minimum atomic E-state index is -3.33. The van der Waals surface area contributed by atoms with Crippen molar-refractivity contribution in [1.82, 2.24) is 0 Å². The van der Waals surface area contributed by atoms with Crippen LogP contribution in [0.1, 0.15) is 18.0 Å². The Labute approximate surface area is 108 Å². The third-order valence-corrected chi connectivity index (χ3v) is 4.86. The van der Waals surface area contributed by atoms with E-state index in [0.717, 1.165) is 5.56 Å². The Morgan fingerprint density at radius 3 is 2.89 bits per heavy atom. The molecule has 0 amide bonds. The number of para-hydroxylation sites is 1. The van der Waals surface area contributed by atoms with Crippen LogP contribution in [0.2, 0.25) is 0 Å². The summed E-state index contributed by atoms with van der Waals surface area (Å²) >= 11 is 0. The Kier molecular flexibility index (Phi) is 3.89. The van der Waals surface area contributed by atoms with E-state index in [2.05, 4.69) is 0 Å². The highest BCUT2D eigenvalue weighted by Crippen LogP contribution is 2.33. The van der Waals surface area contributed by atoms with Crippen LogP contribution in [0.5, 0.6) is 0 Å². The van der Waals surface area contributed by atoms with Gasteiger partial charge < -0.3 is 10.5 Å². The highest BCUT2D eigenvalue weighted by atomic mass is 32.2. The lowest BCUT2D eigenvalue weighted by atomic mass is 9.99. The van der Waals surface area contributed by atoms with Gasteiger partial charge in [-0.15, -0.1) is 0 Å². The van der Waals surface area contributed by atoms with Crippen LogP contribution in [0.4, 0.5) is 5.69 Å². The molecule has 1 aromatic rings. The van der Waals surface area contributed by atoms with Gasteiger partial charge >= 0.3 is 0 Å². The first kappa shape index (κ1) is 13.3. The molecule has 0 spiro atoms. The highest BCUT2D eigenvalue weighted by molar-refractivity contribution is 7.92. The molecule has 0 aliphatic carbocycles. The van der Waals surface area contributed by atoms with Crippen molar-refractivity contribution >= 4 is 15.7 Å². The van der Waals surface area contributed by atoms with Crippen molar-refractivity contribution < 1.29 is 13.2 Å². The van der Waals surface area contributed by atoms with Crippen LogP contribution in [0.25, 0.3) is 0 Å². The minimum absolute atomic E-state index is 0.00687. The number of rotatable bonds is 4. The summed E-state index contributed by atoms with van der Waals surface area (Å²) in [4.78, 5) is 0. The van der Waals surface area contributed by atoms with E-state index in [9.17, 15) is 8.42 Å². The molecule has 1 unspecified atom stereocenters. The average Bonchev–Trinajstić information content (AvgIpc) is 2.37. The Balaban J connectivity index is 2.34. The van der Waals surface area contributed by atoms with Gasteiger partial charge in [-0.25, -0.2) is 8.42 Å². The molecule has 18 heavy (non-hydrogen) atoms. The summed E-state index contributed by atoms with van der Waals surface area (Å²) in [5.74, 6) is -0.00687. The smallest absolute Gasteiger partial charge is 0.237 e. The molecule has 5 nitrogen and oxygen atoms in total. The molecule has 0 fully saturated rings. The van der Waals surface area contributed by atoms with Gasteiger partial charge in [0, 0.05) is 19.7 Å². The van der Waals surface area contributed by atoms with Gasteiger partial charge in [-0.1, -0.05) is 18.2 Å². The van der Waals surface area contributed by atoms with Gasteiger partial charge in [-0.05, 0) is 18.1 Å². The first-order valence-electron chi connectivity index (χ1n) is 5.90. The average molecular weight is 270 g/mol. The molecule has 0 bridgehead atoms. The number of methoxy groups -OCH3 is 1. The second kappa shape index (κ2) is 5.26. The molecule has 0 saturated carbocycles. The molecule has 1 heterocycles. The lowest BCUT2D eigenvalue weighted by Crippen LogP contribution is -2.40. The quantitative estimate of drug-likeness (QED) is 0.881. The number of ether oxygens (including phenoxy) is 1. The number of hydrogen-bond donors (Lipinski definition) is 1. The first-order valence-corrected chi connectivity index (χ1v) is 7.51.